The number of carbonyl (C=O) groups is 1. The lowest BCUT2D eigenvalue weighted by Crippen LogP contribution is -2.17. The predicted octanol–water partition coefficient (Wildman–Crippen LogP) is 2.89. The van der Waals surface area contributed by atoms with E-state index in [4.69, 9.17) is 0 Å². The Morgan fingerprint density at radius 1 is 1.46 bits per heavy atom. The number of benzene rings is 1. The van der Waals surface area contributed by atoms with E-state index in [0.717, 1.165) is 9.26 Å². The summed E-state index contributed by atoms with van der Waals surface area (Å²) in [6, 6.07) is 7.76. The summed E-state index contributed by atoms with van der Waals surface area (Å²) >= 11 is 2.22. The van der Waals surface area contributed by atoms with Crippen molar-refractivity contribution in [3.05, 3.63) is 27.8 Å². The van der Waals surface area contributed by atoms with Gasteiger partial charge in [-0.2, -0.15) is 0 Å². The Bertz CT molecular complexity index is 310. The third-order valence-electron chi connectivity index (χ3n) is 1.62. The van der Waals surface area contributed by atoms with Crippen LogP contribution in [0.15, 0.2) is 24.3 Å². The molecule has 0 aliphatic carbocycles. The minimum atomic E-state index is 0.0258. The SMILES string of the molecule is CC(C)C(=O)Nc1cccc(I)c1. The summed E-state index contributed by atoms with van der Waals surface area (Å²) in [6.07, 6.45) is 0. The summed E-state index contributed by atoms with van der Waals surface area (Å²) in [5.41, 5.74) is 0.866. The van der Waals surface area contributed by atoms with Gasteiger partial charge in [-0.25, -0.2) is 0 Å². The monoisotopic (exact) mass is 289 g/mol. The third kappa shape index (κ3) is 3.34. The van der Waals surface area contributed by atoms with E-state index in [1.807, 2.05) is 38.1 Å². The fourth-order valence-electron chi connectivity index (χ4n) is 0.853. The van der Waals surface area contributed by atoms with Gasteiger partial charge in [0.1, 0.15) is 0 Å². The molecule has 70 valence electrons. The molecule has 0 saturated carbocycles. The Balaban J connectivity index is 2.69. The molecule has 0 spiro atoms. The van der Waals surface area contributed by atoms with E-state index < -0.39 is 0 Å². The first kappa shape index (κ1) is 10.5. The fourth-order valence-corrected chi connectivity index (χ4v) is 1.40. The van der Waals surface area contributed by atoms with Gasteiger partial charge in [0.25, 0.3) is 0 Å². The normalized spacial score (nSPS) is 10.2. The molecule has 3 heteroatoms. The predicted molar refractivity (Wildman–Crippen MR) is 62.6 cm³/mol. The zero-order valence-corrected chi connectivity index (χ0v) is 9.83. The highest BCUT2D eigenvalue weighted by molar-refractivity contribution is 14.1. The molecule has 0 heterocycles. The summed E-state index contributed by atoms with van der Waals surface area (Å²) in [5, 5.41) is 2.84. The van der Waals surface area contributed by atoms with Gasteiger partial charge < -0.3 is 5.32 Å². The van der Waals surface area contributed by atoms with Gasteiger partial charge in [0.05, 0.1) is 0 Å². The van der Waals surface area contributed by atoms with Crippen molar-refractivity contribution < 1.29 is 4.79 Å². The van der Waals surface area contributed by atoms with E-state index in [1.54, 1.807) is 0 Å². The van der Waals surface area contributed by atoms with Gasteiger partial charge in [-0.15, -0.1) is 0 Å². The van der Waals surface area contributed by atoms with Crippen molar-refractivity contribution in [3.63, 3.8) is 0 Å². The van der Waals surface area contributed by atoms with Crippen LogP contribution < -0.4 is 5.32 Å². The van der Waals surface area contributed by atoms with Crippen LogP contribution in [-0.4, -0.2) is 5.91 Å². The molecule has 0 aliphatic rings. The van der Waals surface area contributed by atoms with Gasteiger partial charge in [-0.1, -0.05) is 19.9 Å². The van der Waals surface area contributed by atoms with Crippen molar-refractivity contribution in [3.8, 4) is 0 Å². The molecule has 2 nitrogen and oxygen atoms in total. The van der Waals surface area contributed by atoms with Crippen molar-refractivity contribution in [1.82, 2.24) is 0 Å². The van der Waals surface area contributed by atoms with Crippen LogP contribution >= 0.6 is 22.6 Å². The topological polar surface area (TPSA) is 29.1 Å². The Labute approximate surface area is 91.9 Å². The molecule has 1 amide bonds. The quantitative estimate of drug-likeness (QED) is 0.833. The van der Waals surface area contributed by atoms with Gasteiger partial charge >= 0.3 is 0 Å². The van der Waals surface area contributed by atoms with Crippen molar-refractivity contribution in [2.75, 3.05) is 5.32 Å². The zero-order valence-electron chi connectivity index (χ0n) is 7.67. The largest absolute Gasteiger partial charge is 0.326 e. The Morgan fingerprint density at radius 2 is 2.15 bits per heavy atom. The smallest absolute Gasteiger partial charge is 0.226 e. The first-order chi connectivity index (χ1) is 6.09. The number of carbonyl (C=O) groups excluding carboxylic acids is 1. The molecule has 0 bridgehead atoms. The molecule has 0 saturated heterocycles. The highest BCUT2D eigenvalue weighted by Crippen LogP contribution is 2.13. The average molecular weight is 289 g/mol. The Morgan fingerprint density at radius 3 is 2.69 bits per heavy atom. The molecule has 0 fully saturated rings. The summed E-state index contributed by atoms with van der Waals surface area (Å²) in [5.74, 6) is 0.0832. The van der Waals surface area contributed by atoms with Crippen LogP contribution in [0.3, 0.4) is 0 Å². The van der Waals surface area contributed by atoms with Crippen LogP contribution in [0.2, 0.25) is 0 Å². The molecule has 1 aromatic rings. The Hall–Kier alpha value is -0.580. The maximum Gasteiger partial charge on any atom is 0.226 e. The second-order valence-electron chi connectivity index (χ2n) is 3.15. The van der Waals surface area contributed by atoms with Crippen LogP contribution in [-0.2, 0) is 4.79 Å². The lowest BCUT2D eigenvalue weighted by molar-refractivity contribution is -0.118. The minimum Gasteiger partial charge on any atom is -0.326 e. The number of nitrogens with one attached hydrogen (secondary N) is 1. The number of anilines is 1. The molecule has 0 atom stereocenters. The second-order valence-corrected chi connectivity index (χ2v) is 4.40. The van der Waals surface area contributed by atoms with E-state index in [0.29, 0.717) is 0 Å². The lowest BCUT2D eigenvalue weighted by atomic mass is 10.2. The highest BCUT2D eigenvalue weighted by Gasteiger charge is 2.06. The number of hydrogen-bond acceptors (Lipinski definition) is 1. The summed E-state index contributed by atoms with van der Waals surface area (Å²) in [6.45, 7) is 3.76. The second kappa shape index (κ2) is 4.60. The summed E-state index contributed by atoms with van der Waals surface area (Å²) in [4.78, 5) is 11.3. The first-order valence-corrected chi connectivity index (χ1v) is 5.24. The van der Waals surface area contributed by atoms with Crippen LogP contribution in [0.5, 0.6) is 0 Å². The van der Waals surface area contributed by atoms with Gasteiger partial charge in [-0.05, 0) is 40.8 Å². The number of amides is 1. The summed E-state index contributed by atoms with van der Waals surface area (Å²) in [7, 11) is 0. The van der Waals surface area contributed by atoms with Crippen molar-refractivity contribution >= 4 is 34.2 Å². The maximum absolute atomic E-state index is 11.3. The molecule has 13 heavy (non-hydrogen) atoms. The molecule has 1 N–H and O–H groups in total. The molecule has 0 aromatic heterocycles. The average Bonchev–Trinajstić information content (AvgIpc) is 2.04. The van der Waals surface area contributed by atoms with Gasteiger partial charge in [-0.3, -0.25) is 4.79 Å². The van der Waals surface area contributed by atoms with E-state index in [1.165, 1.54) is 0 Å². The maximum atomic E-state index is 11.3. The van der Waals surface area contributed by atoms with Crippen molar-refractivity contribution in [2.24, 2.45) is 5.92 Å². The number of rotatable bonds is 2. The molecular weight excluding hydrogens is 277 g/mol. The molecular formula is C10H12INO. The van der Waals surface area contributed by atoms with Crippen LogP contribution in [0, 0.1) is 9.49 Å². The molecule has 1 rings (SSSR count). The van der Waals surface area contributed by atoms with E-state index in [-0.39, 0.29) is 11.8 Å². The highest BCUT2D eigenvalue weighted by atomic mass is 127. The summed E-state index contributed by atoms with van der Waals surface area (Å²) < 4.78 is 1.12. The zero-order chi connectivity index (χ0) is 9.84. The van der Waals surface area contributed by atoms with E-state index >= 15 is 0 Å². The van der Waals surface area contributed by atoms with Gasteiger partial charge in [0.15, 0.2) is 0 Å². The molecule has 0 radical (unpaired) electrons. The standard InChI is InChI=1S/C10H12INO/c1-7(2)10(13)12-9-5-3-4-8(11)6-9/h3-7H,1-2H3,(H,12,13). The van der Waals surface area contributed by atoms with Crippen LogP contribution in [0.25, 0.3) is 0 Å². The van der Waals surface area contributed by atoms with Crippen LogP contribution in [0.4, 0.5) is 5.69 Å². The first-order valence-electron chi connectivity index (χ1n) is 4.16. The minimum absolute atomic E-state index is 0.0258. The molecule has 0 unspecified atom stereocenters. The van der Waals surface area contributed by atoms with Crippen molar-refractivity contribution in [1.29, 1.82) is 0 Å². The fraction of sp³-hybridized carbons (Fsp3) is 0.300. The van der Waals surface area contributed by atoms with Gasteiger partial charge in [0.2, 0.25) is 5.91 Å². The number of hydrogen-bond donors (Lipinski definition) is 1. The lowest BCUT2D eigenvalue weighted by Gasteiger charge is -2.07. The van der Waals surface area contributed by atoms with E-state index in [2.05, 4.69) is 27.9 Å². The van der Waals surface area contributed by atoms with Crippen LogP contribution in [0.1, 0.15) is 13.8 Å². The number of halogens is 1. The molecule has 0 aliphatic heterocycles. The van der Waals surface area contributed by atoms with E-state index in [9.17, 15) is 4.79 Å². The third-order valence-corrected chi connectivity index (χ3v) is 2.29. The van der Waals surface area contributed by atoms with Gasteiger partial charge in [0, 0.05) is 15.2 Å². The molecule has 1 aromatic carbocycles. The Kier molecular flexibility index (Phi) is 3.71. The van der Waals surface area contributed by atoms with Crippen molar-refractivity contribution in [2.45, 2.75) is 13.8 Å².